The molecule has 5 nitrogen and oxygen atoms in total. The van der Waals surface area contributed by atoms with Crippen LogP contribution in [0.15, 0.2) is 24.3 Å². The molecule has 23 heavy (non-hydrogen) atoms. The van der Waals surface area contributed by atoms with Gasteiger partial charge in [0.25, 0.3) is 5.91 Å². The quantitative estimate of drug-likeness (QED) is 0.864. The zero-order chi connectivity index (χ0) is 16.3. The van der Waals surface area contributed by atoms with Gasteiger partial charge in [-0.05, 0) is 43.5 Å². The number of hydrogen-bond donors (Lipinski definition) is 2. The number of carbonyl (C=O) groups is 2. The van der Waals surface area contributed by atoms with E-state index < -0.39 is 5.54 Å². The highest BCUT2D eigenvalue weighted by molar-refractivity contribution is 5.97. The van der Waals surface area contributed by atoms with Crippen molar-refractivity contribution in [2.24, 2.45) is 11.7 Å². The molecule has 128 valence electrons. The lowest BCUT2D eigenvalue weighted by Crippen LogP contribution is -2.55. The molecule has 1 aromatic rings. The van der Waals surface area contributed by atoms with E-state index in [4.69, 9.17) is 5.73 Å². The average molecular weight is 340 g/mol. The topological polar surface area (TPSA) is 75.4 Å². The van der Waals surface area contributed by atoms with E-state index in [1.807, 2.05) is 32.9 Å². The van der Waals surface area contributed by atoms with Crippen LogP contribution in [-0.2, 0) is 4.79 Å². The Balaban J connectivity index is 0.00000264. The number of halogens is 1. The van der Waals surface area contributed by atoms with Crippen LogP contribution in [0.1, 0.15) is 44.0 Å². The summed E-state index contributed by atoms with van der Waals surface area (Å²) in [4.78, 5) is 25.9. The Kier molecular flexibility index (Phi) is 6.59. The van der Waals surface area contributed by atoms with Crippen LogP contribution in [0.2, 0.25) is 0 Å². The minimum atomic E-state index is -0.430. The molecule has 0 radical (unpaired) electrons. The second kappa shape index (κ2) is 7.79. The van der Waals surface area contributed by atoms with E-state index in [1.54, 1.807) is 17.0 Å². The summed E-state index contributed by atoms with van der Waals surface area (Å²) in [5.41, 5.74) is 6.80. The fourth-order valence-corrected chi connectivity index (χ4v) is 2.48. The van der Waals surface area contributed by atoms with Gasteiger partial charge in [0.05, 0.1) is 5.54 Å². The van der Waals surface area contributed by atoms with Crippen LogP contribution >= 0.6 is 12.4 Å². The summed E-state index contributed by atoms with van der Waals surface area (Å²) in [5, 5.41) is 3.01. The van der Waals surface area contributed by atoms with Crippen LogP contribution < -0.4 is 16.0 Å². The number of anilines is 1. The van der Waals surface area contributed by atoms with Crippen molar-refractivity contribution < 1.29 is 9.59 Å². The van der Waals surface area contributed by atoms with Crippen molar-refractivity contribution in [2.75, 3.05) is 18.0 Å². The van der Waals surface area contributed by atoms with E-state index in [0.717, 1.165) is 18.7 Å². The van der Waals surface area contributed by atoms with Gasteiger partial charge in [-0.25, -0.2) is 0 Å². The van der Waals surface area contributed by atoms with Crippen molar-refractivity contribution in [2.45, 2.75) is 39.2 Å². The molecule has 0 saturated carbocycles. The van der Waals surface area contributed by atoms with Crippen LogP contribution in [0.3, 0.4) is 0 Å². The number of hydrogen-bond acceptors (Lipinski definition) is 3. The Hall–Kier alpha value is -1.59. The molecular formula is C17H26ClN3O2. The third-order valence-electron chi connectivity index (χ3n) is 4.61. The zero-order valence-corrected chi connectivity index (χ0v) is 14.8. The predicted molar refractivity (Wildman–Crippen MR) is 95.0 cm³/mol. The zero-order valence-electron chi connectivity index (χ0n) is 14.0. The van der Waals surface area contributed by atoms with Gasteiger partial charge in [-0.1, -0.05) is 13.8 Å². The van der Waals surface area contributed by atoms with Gasteiger partial charge < -0.3 is 16.0 Å². The highest BCUT2D eigenvalue weighted by atomic mass is 35.5. The summed E-state index contributed by atoms with van der Waals surface area (Å²) >= 11 is 0. The maximum absolute atomic E-state index is 12.4. The molecule has 0 bridgehead atoms. The SMILES string of the molecule is CC(C)C(C)(CN)NC(=O)c1ccc(N2CCCC2=O)cc1.Cl. The number of benzene rings is 1. The molecule has 1 unspecified atom stereocenters. The minimum absolute atomic E-state index is 0. The molecule has 2 amide bonds. The van der Waals surface area contributed by atoms with E-state index in [2.05, 4.69) is 5.32 Å². The molecule has 1 aromatic carbocycles. The number of nitrogens with two attached hydrogens (primary N) is 1. The highest BCUT2D eigenvalue weighted by Gasteiger charge is 2.29. The highest BCUT2D eigenvalue weighted by Crippen LogP contribution is 2.22. The van der Waals surface area contributed by atoms with E-state index in [9.17, 15) is 9.59 Å². The number of rotatable bonds is 5. The first-order valence-corrected chi connectivity index (χ1v) is 7.80. The molecular weight excluding hydrogens is 314 g/mol. The molecule has 1 saturated heterocycles. The number of nitrogens with one attached hydrogen (secondary N) is 1. The Labute approximate surface area is 144 Å². The molecule has 0 aromatic heterocycles. The summed E-state index contributed by atoms with van der Waals surface area (Å²) in [7, 11) is 0. The first-order valence-electron chi connectivity index (χ1n) is 7.80. The van der Waals surface area contributed by atoms with Gasteiger partial charge in [-0.3, -0.25) is 9.59 Å². The Morgan fingerprint density at radius 2 is 1.96 bits per heavy atom. The molecule has 1 atom stereocenters. The van der Waals surface area contributed by atoms with Gasteiger partial charge in [-0.2, -0.15) is 0 Å². The van der Waals surface area contributed by atoms with Gasteiger partial charge in [0.1, 0.15) is 0 Å². The van der Waals surface area contributed by atoms with Gasteiger partial charge in [0, 0.05) is 30.8 Å². The van der Waals surface area contributed by atoms with E-state index in [1.165, 1.54) is 0 Å². The molecule has 0 aliphatic carbocycles. The predicted octanol–water partition coefficient (Wildman–Crippen LogP) is 2.34. The van der Waals surface area contributed by atoms with Crippen LogP contribution in [0.25, 0.3) is 0 Å². The van der Waals surface area contributed by atoms with Gasteiger partial charge in [0.2, 0.25) is 5.91 Å². The molecule has 0 spiro atoms. The summed E-state index contributed by atoms with van der Waals surface area (Å²) in [5.74, 6) is 0.247. The fourth-order valence-electron chi connectivity index (χ4n) is 2.48. The summed E-state index contributed by atoms with van der Waals surface area (Å²) < 4.78 is 0. The van der Waals surface area contributed by atoms with Crippen LogP contribution in [0.5, 0.6) is 0 Å². The first-order chi connectivity index (χ1) is 10.4. The van der Waals surface area contributed by atoms with Crippen molar-refractivity contribution in [3.05, 3.63) is 29.8 Å². The second-order valence-corrected chi connectivity index (χ2v) is 6.43. The Morgan fingerprint density at radius 3 is 2.39 bits per heavy atom. The third-order valence-corrected chi connectivity index (χ3v) is 4.61. The van der Waals surface area contributed by atoms with Crippen molar-refractivity contribution in [1.29, 1.82) is 0 Å². The van der Waals surface area contributed by atoms with E-state index in [-0.39, 0.29) is 30.1 Å². The monoisotopic (exact) mass is 339 g/mol. The Bertz CT molecular complexity index is 559. The van der Waals surface area contributed by atoms with Crippen molar-refractivity contribution in [1.82, 2.24) is 5.32 Å². The van der Waals surface area contributed by atoms with Crippen molar-refractivity contribution in [3.63, 3.8) is 0 Å². The molecule has 1 aliphatic rings. The maximum atomic E-state index is 12.4. The average Bonchev–Trinajstić information content (AvgIpc) is 2.93. The molecule has 6 heteroatoms. The summed E-state index contributed by atoms with van der Waals surface area (Å²) in [6.07, 6.45) is 1.50. The Morgan fingerprint density at radius 1 is 1.35 bits per heavy atom. The van der Waals surface area contributed by atoms with Crippen LogP contribution in [-0.4, -0.2) is 30.4 Å². The van der Waals surface area contributed by atoms with Gasteiger partial charge in [-0.15, -0.1) is 12.4 Å². The molecule has 1 fully saturated rings. The molecule has 2 rings (SSSR count). The lowest BCUT2D eigenvalue weighted by atomic mass is 9.88. The summed E-state index contributed by atoms with van der Waals surface area (Å²) in [6, 6.07) is 7.17. The van der Waals surface area contributed by atoms with Crippen molar-refractivity contribution in [3.8, 4) is 0 Å². The minimum Gasteiger partial charge on any atom is -0.345 e. The normalized spacial score (nSPS) is 16.9. The molecule has 1 aliphatic heterocycles. The molecule has 3 N–H and O–H groups in total. The maximum Gasteiger partial charge on any atom is 0.251 e. The van der Waals surface area contributed by atoms with Gasteiger partial charge in [0.15, 0.2) is 0 Å². The smallest absolute Gasteiger partial charge is 0.251 e. The van der Waals surface area contributed by atoms with Crippen LogP contribution in [0, 0.1) is 5.92 Å². The van der Waals surface area contributed by atoms with E-state index in [0.29, 0.717) is 18.5 Å². The molecule has 1 heterocycles. The fraction of sp³-hybridized carbons (Fsp3) is 0.529. The van der Waals surface area contributed by atoms with Crippen LogP contribution in [0.4, 0.5) is 5.69 Å². The number of nitrogens with zero attached hydrogens (tertiary/aromatic N) is 1. The lowest BCUT2D eigenvalue weighted by Gasteiger charge is -2.33. The lowest BCUT2D eigenvalue weighted by molar-refractivity contribution is -0.117. The number of amides is 2. The largest absolute Gasteiger partial charge is 0.345 e. The summed E-state index contributed by atoms with van der Waals surface area (Å²) in [6.45, 7) is 7.16. The third kappa shape index (κ3) is 4.24. The van der Waals surface area contributed by atoms with Crippen molar-refractivity contribution >= 4 is 29.9 Å². The van der Waals surface area contributed by atoms with Gasteiger partial charge >= 0.3 is 0 Å². The standard InChI is InChI=1S/C17H25N3O2.ClH/c1-12(2)17(3,11-18)19-16(22)13-6-8-14(9-7-13)20-10-4-5-15(20)21;/h6-9,12H,4-5,10-11,18H2,1-3H3,(H,19,22);1H. The number of carbonyl (C=O) groups excluding carboxylic acids is 2. The van der Waals surface area contributed by atoms with E-state index >= 15 is 0 Å². The first kappa shape index (κ1) is 19.5. The second-order valence-electron chi connectivity index (χ2n) is 6.43.